The lowest BCUT2D eigenvalue weighted by atomic mass is 9.81. The lowest BCUT2D eigenvalue weighted by Gasteiger charge is -2.21. The smallest absolute Gasteiger partial charge is 0.137 e. The van der Waals surface area contributed by atoms with Crippen molar-refractivity contribution >= 4 is 40.5 Å². The molecule has 0 aromatic heterocycles. The molecule has 0 N–H and O–H groups in total. The molecule has 7 nitrogen and oxygen atoms in total. The summed E-state index contributed by atoms with van der Waals surface area (Å²) < 4.78 is 0. The van der Waals surface area contributed by atoms with Gasteiger partial charge in [0.05, 0.1) is 0 Å². The van der Waals surface area contributed by atoms with Gasteiger partial charge in [-0.2, -0.15) is 0 Å². The Balaban J connectivity index is 5.32. The van der Waals surface area contributed by atoms with Gasteiger partial charge in [0.15, 0.2) is 0 Å². The number of carbonyl (C=O) groups is 7. The van der Waals surface area contributed by atoms with Gasteiger partial charge in [-0.05, 0) is 73.1 Å². The molecule has 0 fully saturated rings. The number of hydrogen-bond acceptors (Lipinski definition) is 7. The first kappa shape index (κ1) is 37.7. The Morgan fingerprint density at radius 3 is 1.02 bits per heavy atom. The molecule has 0 aliphatic carbocycles. The fourth-order valence-corrected chi connectivity index (χ4v) is 5.19. The van der Waals surface area contributed by atoms with E-state index in [1.165, 1.54) is 13.8 Å². The topological polar surface area (TPSA) is 119 Å². The normalized spacial score (nSPS) is 13.3. The molecule has 0 saturated heterocycles. The molecule has 0 rings (SSSR count). The van der Waals surface area contributed by atoms with E-state index in [4.69, 9.17) is 0 Å². The molecule has 0 saturated carbocycles. The predicted molar refractivity (Wildman–Crippen MR) is 157 cm³/mol. The zero-order chi connectivity index (χ0) is 30.5. The predicted octanol–water partition coefficient (Wildman–Crippen LogP) is 6.94. The van der Waals surface area contributed by atoms with Crippen molar-refractivity contribution in [3.8, 4) is 0 Å². The van der Waals surface area contributed by atoms with Crippen molar-refractivity contribution < 1.29 is 33.6 Å². The lowest BCUT2D eigenvalue weighted by molar-refractivity contribution is -0.133. The van der Waals surface area contributed by atoms with Crippen LogP contribution in [0.3, 0.4) is 0 Å². The molecule has 228 valence electrons. The van der Waals surface area contributed by atoms with Crippen LogP contribution < -0.4 is 0 Å². The van der Waals surface area contributed by atoms with E-state index < -0.39 is 17.8 Å². The highest BCUT2D eigenvalue weighted by molar-refractivity contribution is 5.93. The number of unbranched alkanes of at least 4 members (excludes halogenated alkanes) is 6. The maximum Gasteiger partial charge on any atom is 0.137 e. The van der Waals surface area contributed by atoms with Gasteiger partial charge in [0.1, 0.15) is 40.5 Å². The number of carbonyl (C=O) groups excluding carboxylic acids is 7. The highest BCUT2D eigenvalue weighted by Gasteiger charge is 2.29. The molecular weight excluding hydrogens is 508 g/mol. The van der Waals surface area contributed by atoms with Crippen LogP contribution in [-0.2, 0) is 33.6 Å². The van der Waals surface area contributed by atoms with Gasteiger partial charge in [-0.1, -0.05) is 38.5 Å². The summed E-state index contributed by atoms with van der Waals surface area (Å²) in [6.45, 7) is 7.66. The quantitative estimate of drug-likeness (QED) is 0.0994. The Labute approximate surface area is 242 Å². The van der Waals surface area contributed by atoms with E-state index in [1.807, 2.05) is 0 Å². The molecule has 0 aromatic rings. The molecular formula is C33H54O7. The number of rotatable bonds is 27. The molecule has 0 heterocycles. The first-order valence-corrected chi connectivity index (χ1v) is 15.4. The van der Waals surface area contributed by atoms with Crippen molar-refractivity contribution in [2.45, 2.75) is 150 Å². The molecule has 0 bridgehead atoms. The van der Waals surface area contributed by atoms with Gasteiger partial charge in [-0.15, -0.1) is 0 Å². The summed E-state index contributed by atoms with van der Waals surface area (Å²) in [5, 5.41) is 0. The molecule has 0 aliphatic rings. The van der Waals surface area contributed by atoms with Crippen LogP contribution in [0.25, 0.3) is 0 Å². The highest BCUT2D eigenvalue weighted by atomic mass is 16.2. The van der Waals surface area contributed by atoms with E-state index in [0.717, 1.165) is 57.8 Å². The van der Waals surface area contributed by atoms with Gasteiger partial charge in [0.2, 0.25) is 0 Å². The SMILES string of the molecule is CC(=O)CCCCCC(CC(=O)C(CCCCCC(C)=O)CC(=O)C(CCCCCC(C)=O)CC(C)=O)C(C)=O. The minimum Gasteiger partial charge on any atom is -0.300 e. The summed E-state index contributed by atoms with van der Waals surface area (Å²) in [7, 11) is 0. The van der Waals surface area contributed by atoms with Gasteiger partial charge in [0, 0.05) is 56.3 Å². The van der Waals surface area contributed by atoms with Crippen LogP contribution in [-0.4, -0.2) is 40.5 Å². The summed E-state index contributed by atoms with van der Waals surface area (Å²) in [5.74, 6) is -1.17. The van der Waals surface area contributed by atoms with Gasteiger partial charge in [-0.3, -0.25) is 14.4 Å². The third-order valence-electron chi connectivity index (χ3n) is 7.66. The molecule has 7 heteroatoms. The van der Waals surface area contributed by atoms with Crippen LogP contribution >= 0.6 is 0 Å². The van der Waals surface area contributed by atoms with E-state index in [0.29, 0.717) is 38.5 Å². The fourth-order valence-electron chi connectivity index (χ4n) is 5.19. The average Bonchev–Trinajstić information content (AvgIpc) is 2.84. The van der Waals surface area contributed by atoms with Gasteiger partial charge < -0.3 is 19.2 Å². The zero-order valence-electron chi connectivity index (χ0n) is 25.8. The molecule has 40 heavy (non-hydrogen) atoms. The van der Waals surface area contributed by atoms with Crippen LogP contribution in [0.1, 0.15) is 150 Å². The van der Waals surface area contributed by atoms with Crippen molar-refractivity contribution in [3.63, 3.8) is 0 Å². The summed E-state index contributed by atoms with van der Waals surface area (Å²) in [6, 6.07) is 0. The van der Waals surface area contributed by atoms with Crippen LogP contribution in [0, 0.1) is 17.8 Å². The molecule has 0 aliphatic heterocycles. The minimum atomic E-state index is -0.503. The first-order chi connectivity index (χ1) is 18.8. The molecule has 0 amide bonds. The third-order valence-corrected chi connectivity index (χ3v) is 7.66. The minimum absolute atomic E-state index is 0.0357. The summed E-state index contributed by atoms with van der Waals surface area (Å²) >= 11 is 0. The van der Waals surface area contributed by atoms with Crippen molar-refractivity contribution in [2.75, 3.05) is 0 Å². The van der Waals surface area contributed by atoms with Crippen molar-refractivity contribution in [2.24, 2.45) is 17.8 Å². The largest absolute Gasteiger partial charge is 0.300 e. The number of hydrogen-bond donors (Lipinski definition) is 0. The number of Topliss-reactive ketones (excluding diaryl/α,β-unsaturated/α-hetero) is 7. The van der Waals surface area contributed by atoms with E-state index >= 15 is 0 Å². The second-order valence-corrected chi connectivity index (χ2v) is 11.9. The fraction of sp³-hybridized carbons (Fsp3) is 0.788. The van der Waals surface area contributed by atoms with Crippen LogP contribution in [0.5, 0.6) is 0 Å². The van der Waals surface area contributed by atoms with E-state index in [9.17, 15) is 33.6 Å². The van der Waals surface area contributed by atoms with Crippen molar-refractivity contribution in [3.05, 3.63) is 0 Å². The Hall–Kier alpha value is -2.31. The second kappa shape index (κ2) is 22.4. The van der Waals surface area contributed by atoms with Crippen LogP contribution in [0.4, 0.5) is 0 Å². The Morgan fingerprint density at radius 1 is 0.375 bits per heavy atom. The van der Waals surface area contributed by atoms with E-state index in [1.54, 1.807) is 20.8 Å². The molecule has 0 aromatic carbocycles. The molecule has 3 atom stereocenters. The van der Waals surface area contributed by atoms with Gasteiger partial charge in [0.25, 0.3) is 0 Å². The summed E-state index contributed by atoms with van der Waals surface area (Å²) in [4.78, 5) is 84.7. The average molecular weight is 563 g/mol. The molecule has 0 radical (unpaired) electrons. The lowest BCUT2D eigenvalue weighted by Crippen LogP contribution is -2.27. The van der Waals surface area contributed by atoms with Crippen molar-refractivity contribution in [1.82, 2.24) is 0 Å². The maximum atomic E-state index is 13.4. The monoisotopic (exact) mass is 562 g/mol. The van der Waals surface area contributed by atoms with E-state index in [2.05, 4.69) is 0 Å². The van der Waals surface area contributed by atoms with Gasteiger partial charge in [-0.25, -0.2) is 0 Å². The standard InChI is InChI=1S/C33H54O7/c1-24(34)15-9-6-12-18-29(28(5)38)22-32(39)31(20-14-8-11-17-26(3)36)23-33(40)30(21-27(4)37)19-13-7-10-16-25(2)35/h29-31H,6-23H2,1-5H3. The molecule has 3 unspecified atom stereocenters. The Kier molecular flexibility index (Phi) is 21.1. The number of ketones is 7. The third kappa shape index (κ3) is 20.6. The zero-order valence-corrected chi connectivity index (χ0v) is 25.8. The Morgan fingerprint density at radius 2 is 0.700 bits per heavy atom. The molecule has 0 spiro atoms. The van der Waals surface area contributed by atoms with Crippen LogP contribution in [0.15, 0.2) is 0 Å². The van der Waals surface area contributed by atoms with E-state index in [-0.39, 0.29) is 59.7 Å². The summed E-state index contributed by atoms with van der Waals surface area (Å²) in [5.41, 5.74) is 0. The maximum absolute atomic E-state index is 13.4. The van der Waals surface area contributed by atoms with Crippen LogP contribution in [0.2, 0.25) is 0 Å². The van der Waals surface area contributed by atoms with Gasteiger partial charge >= 0.3 is 0 Å². The first-order valence-electron chi connectivity index (χ1n) is 15.4. The second-order valence-electron chi connectivity index (χ2n) is 11.9. The Bertz CT molecular complexity index is 842. The van der Waals surface area contributed by atoms with Crippen molar-refractivity contribution in [1.29, 1.82) is 0 Å². The highest BCUT2D eigenvalue weighted by Crippen LogP contribution is 2.27. The summed E-state index contributed by atoms with van der Waals surface area (Å²) in [6.07, 6.45) is 10.5.